The van der Waals surface area contributed by atoms with Crippen LogP contribution in [0.25, 0.3) is 0 Å². The first-order valence-electron chi connectivity index (χ1n) is 6.78. The zero-order valence-corrected chi connectivity index (χ0v) is 11.1. The standard InChI is InChI=1S/C14H20N2O3/c1-10-5-2-3-6-11(10)16-13(17)9-15-14(18)12-7-4-8-19-12/h4,7-8,10-11H,2-3,5-6,9H2,1H3,(H,15,18)(H,16,17)/t10-,11-/m0/s1. The van der Waals surface area contributed by atoms with Crippen molar-refractivity contribution in [2.45, 2.75) is 38.6 Å². The Morgan fingerprint density at radius 3 is 2.84 bits per heavy atom. The van der Waals surface area contributed by atoms with E-state index >= 15 is 0 Å². The molecule has 1 saturated carbocycles. The Balaban J connectivity index is 1.74. The first-order valence-corrected chi connectivity index (χ1v) is 6.78. The summed E-state index contributed by atoms with van der Waals surface area (Å²) < 4.78 is 4.95. The zero-order chi connectivity index (χ0) is 13.7. The number of carbonyl (C=O) groups excluding carboxylic acids is 2. The second kappa shape index (κ2) is 6.41. The molecule has 1 fully saturated rings. The third-order valence-corrected chi connectivity index (χ3v) is 3.61. The molecule has 0 unspecified atom stereocenters. The average molecular weight is 264 g/mol. The van der Waals surface area contributed by atoms with Crippen LogP contribution in [0.5, 0.6) is 0 Å². The van der Waals surface area contributed by atoms with Gasteiger partial charge < -0.3 is 15.1 Å². The Labute approximate surface area is 112 Å². The van der Waals surface area contributed by atoms with Gasteiger partial charge in [-0.3, -0.25) is 9.59 Å². The van der Waals surface area contributed by atoms with Crippen molar-refractivity contribution in [3.8, 4) is 0 Å². The summed E-state index contributed by atoms with van der Waals surface area (Å²) in [6.45, 7) is 2.15. The van der Waals surface area contributed by atoms with Crippen LogP contribution in [0.15, 0.2) is 22.8 Å². The molecule has 1 aromatic rings. The van der Waals surface area contributed by atoms with Gasteiger partial charge in [-0.25, -0.2) is 0 Å². The predicted molar refractivity (Wildman–Crippen MR) is 70.6 cm³/mol. The lowest BCUT2D eigenvalue weighted by Gasteiger charge is -2.29. The molecule has 1 heterocycles. The van der Waals surface area contributed by atoms with Gasteiger partial charge in [-0.2, -0.15) is 0 Å². The highest BCUT2D eigenvalue weighted by molar-refractivity contribution is 5.94. The molecule has 5 nitrogen and oxygen atoms in total. The van der Waals surface area contributed by atoms with Gasteiger partial charge in [0.25, 0.3) is 5.91 Å². The number of hydrogen-bond acceptors (Lipinski definition) is 3. The molecule has 1 aliphatic carbocycles. The van der Waals surface area contributed by atoms with E-state index in [0.29, 0.717) is 5.92 Å². The third-order valence-electron chi connectivity index (χ3n) is 3.61. The minimum atomic E-state index is -0.364. The monoisotopic (exact) mass is 264 g/mol. The van der Waals surface area contributed by atoms with E-state index in [-0.39, 0.29) is 30.2 Å². The molecule has 1 aromatic heterocycles. The van der Waals surface area contributed by atoms with Crippen molar-refractivity contribution in [3.05, 3.63) is 24.2 Å². The van der Waals surface area contributed by atoms with Gasteiger partial charge in [-0.15, -0.1) is 0 Å². The molecule has 2 N–H and O–H groups in total. The van der Waals surface area contributed by atoms with Gasteiger partial charge in [0.15, 0.2) is 5.76 Å². The second-order valence-corrected chi connectivity index (χ2v) is 5.10. The van der Waals surface area contributed by atoms with E-state index in [1.807, 2.05) is 0 Å². The highest BCUT2D eigenvalue weighted by atomic mass is 16.3. The number of rotatable bonds is 4. The Kier molecular flexibility index (Phi) is 4.60. The maximum absolute atomic E-state index is 11.8. The number of carbonyl (C=O) groups is 2. The van der Waals surface area contributed by atoms with Gasteiger partial charge in [0.2, 0.25) is 5.91 Å². The Morgan fingerprint density at radius 1 is 1.37 bits per heavy atom. The van der Waals surface area contributed by atoms with Crippen molar-refractivity contribution in [1.29, 1.82) is 0 Å². The van der Waals surface area contributed by atoms with Crippen LogP contribution < -0.4 is 10.6 Å². The van der Waals surface area contributed by atoms with E-state index in [9.17, 15) is 9.59 Å². The Morgan fingerprint density at radius 2 is 2.16 bits per heavy atom. The molecular formula is C14H20N2O3. The normalized spacial score (nSPS) is 22.8. The largest absolute Gasteiger partial charge is 0.459 e. The van der Waals surface area contributed by atoms with E-state index < -0.39 is 0 Å². The SMILES string of the molecule is C[C@H]1CCCC[C@@H]1NC(=O)CNC(=O)c1ccco1. The molecule has 5 heteroatoms. The smallest absolute Gasteiger partial charge is 0.287 e. The second-order valence-electron chi connectivity index (χ2n) is 5.10. The molecule has 0 radical (unpaired) electrons. The predicted octanol–water partition coefficient (Wildman–Crippen LogP) is 1.70. The first kappa shape index (κ1) is 13.6. The molecule has 0 spiro atoms. The molecule has 19 heavy (non-hydrogen) atoms. The summed E-state index contributed by atoms with van der Waals surface area (Å²) in [7, 11) is 0. The molecule has 0 bridgehead atoms. The van der Waals surface area contributed by atoms with E-state index in [1.165, 1.54) is 12.7 Å². The summed E-state index contributed by atoms with van der Waals surface area (Å²) >= 11 is 0. The molecule has 2 amide bonds. The summed E-state index contributed by atoms with van der Waals surface area (Å²) in [5.74, 6) is 0.229. The number of nitrogens with one attached hydrogen (secondary N) is 2. The Hall–Kier alpha value is -1.78. The number of hydrogen-bond donors (Lipinski definition) is 2. The molecule has 0 aliphatic heterocycles. The van der Waals surface area contributed by atoms with Crippen LogP contribution in [0.1, 0.15) is 43.2 Å². The number of furan rings is 1. The van der Waals surface area contributed by atoms with Gasteiger partial charge in [0.05, 0.1) is 12.8 Å². The fourth-order valence-electron chi connectivity index (χ4n) is 2.44. The highest BCUT2D eigenvalue weighted by Gasteiger charge is 2.22. The van der Waals surface area contributed by atoms with Gasteiger partial charge in [0.1, 0.15) is 0 Å². The first-order chi connectivity index (χ1) is 9.16. The Bertz CT molecular complexity index is 428. The number of amides is 2. The average Bonchev–Trinajstić information content (AvgIpc) is 2.93. The fourth-order valence-corrected chi connectivity index (χ4v) is 2.44. The van der Waals surface area contributed by atoms with Crippen molar-refractivity contribution in [2.24, 2.45) is 5.92 Å². The van der Waals surface area contributed by atoms with Crippen molar-refractivity contribution < 1.29 is 14.0 Å². The lowest BCUT2D eigenvalue weighted by atomic mass is 9.86. The van der Waals surface area contributed by atoms with Crippen molar-refractivity contribution >= 4 is 11.8 Å². The molecule has 104 valence electrons. The van der Waals surface area contributed by atoms with Crippen LogP contribution in [-0.4, -0.2) is 24.4 Å². The van der Waals surface area contributed by atoms with E-state index in [2.05, 4.69) is 17.6 Å². The lowest BCUT2D eigenvalue weighted by Crippen LogP contribution is -2.45. The van der Waals surface area contributed by atoms with E-state index in [1.54, 1.807) is 12.1 Å². The van der Waals surface area contributed by atoms with Crippen LogP contribution in [-0.2, 0) is 4.79 Å². The van der Waals surface area contributed by atoms with Gasteiger partial charge in [-0.05, 0) is 30.9 Å². The molecule has 2 atom stereocenters. The summed E-state index contributed by atoms with van der Waals surface area (Å²) in [5, 5.41) is 5.53. The van der Waals surface area contributed by atoms with Crippen LogP contribution in [0.2, 0.25) is 0 Å². The fraction of sp³-hybridized carbons (Fsp3) is 0.571. The molecule has 0 saturated heterocycles. The molecular weight excluding hydrogens is 244 g/mol. The topological polar surface area (TPSA) is 71.3 Å². The van der Waals surface area contributed by atoms with E-state index in [0.717, 1.165) is 19.3 Å². The summed E-state index contributed by atoms with van der Waals surface area (Å²) in [5.41, 5.74) is 0. The van der Waals surface area contributed by atoms with Gasteiger partial charge >= 0.3 is 0 Å². The van der Waals surface area contributed by atoms with Crippen LogP contribution in [0.4, 0.5) is 0 Å². The molecule has 1 aliphatic rings. The highest BCUT2D eigenvalue weighted by Crippen LogP contribution is 2.23. The van der Waals surface area contributed by atoms with Gasteiger partial charge in [0, 0.05) is 6.04 Å². The summed E-state index contributed by atoms with van der Waals surface area (Å²) in [6.07, 6.45) is 6.01. The quantitative estimate of drug-likeness (QED) is 0.869. The minimum absolute atomic E-state index is 0.0112. The van der Waals surface area contributed by atoms with Crippen LogP contribution in [0.3, 0.4) is 0 Å². The zero-order valence-electron chi connectivity index (χ0n) is 11.1. The van der Waals surface area contributed by atoms with Crippen molar-refractivity contribution in [3.63, 3.8) is 0 Å². The van der Waals surface area contributed by atoms with Crippen molar-refractivity contribution in [1.82, 2.24) is 10.6 Å². The van der Waals surface area contributed by atoms with Crippen LogP contribution in [0, 0.1) is 5.92 Å². The summed E-state index contributed by atoms with van der Waals surface area (Å²) in [4.78, 5) is 23.4. The van der Waals surface area contributed by atoms with E-state index in [4.69, 9.17) is 4.42 Å². The minimum Gasteiger partial charge on any atom is -0.459 e. The molecule has 2 rings (SSSR count). The maximum atomic E-state index is 11.8. The summed E-state index contributed by atoms with van der Waals surface area (Å²) in [6, 6.07) is 3.44. The maximum Gasteiger partial charge on any atom is 0.287 e. The molecule has 0 aromatic carbocycles. The third kappa shape index (κ3) is 3.84. The van der Waals surface area contributed by atoms with Crippen molar-refractivity contribution in [2.75, 3.05) is 6.54 Å². The van der Waals surface area contributed by atoms with Crippen LogP contribution >= 0.6 is 0 Å². The lowest BCUT2D eigenvalue weighted by molar-refractivity contribution is -0.121. The van der Waals surface area contributed by atoms with Gasteiger partial charge in [-0.1, -0.05) is 19.8 Å².